The van der Waals surface area contributed by atoms with Crippen LogP contribution in [0.4, 0.5) is 0 Å². The molecule has 1 atom stereocenters. The first-order valence-corrected chi connectivity index (χ1v) is 8.65. The maximum atomic E-state index is 2.59. The zero-order valence-corrected chi connectivity index (χ0v) is 16.1. The summed E-state index contributed by atoms with van der Waals surface area (Å²) in [5.41, 5.74) is 1.23. The molecule has 0 bridgehead atoms. The van der Waals surface area contributed by atoms with Crippen molar-refractivity contribution in [2.45, 2.75) is 94.9 Å². The minimum Gasteiger partial charge on any atom is -0.0649 e. The van der Waals surface area contributed by atoms with Gasteiger partial charge in [0.2, 0.25) is 0 Å². The first kappa shape index (κ1) is 20.0. The predicted molar refractivity (Wildman–Crippen MR) is 93.8 cm³/mol. The van der Waals surface area contributed by atoms with Crippen molar-refractivity contribution < 1.29 is 0 Å². The van der Waals surface area contributed by atoms with Crippen LogP contribution in [-0.2, 0) is 0 Å². The maximum absolute atomic E-state index is 2.59. The van der Waals surface area contributed by atoms with Crippen LogP contribution in [0, 0.1) is 34.5 Å². The van der Waals surface area contributed by atoms with Crippen LogP contribution in [0.15, 0.2) is 0 Å². The lowest BCUT2D eigenvalue weighted by Crippen LogP contribution is -2.26. The zero-order chi connectivity index (χ0) is 16.2. The van der Waals surface area contributed by atoms with E-state index in [1.54, 1.807) is 0 Å². The van der Waals surface area contributed by atoms with Gasteiger partial charge in [-0.05, 0) is 53.8 Å². The van der Waals surface area contributed by atoms with E-state index in [0.29, 0.717) is 16.2 Å². The van der Waals surface area contributed by atoms with Crippen molar-refractivity contribution in [1.29, 1.82) is 0 Å². The highest BCUT2D eigenvalue weighted by molar-refractivity contribution is 4.92. The Morgan fingerprint density at radius 2 is 1.35 bits per heavy atom. The van der Waals surface area contributed by atoms with E-state index < -0.39 is 0 Å². The topological polar surface area (TPSA) is 0 Å². The van der Waals surface area contributed by atoms with E-state index in [0.717, 1.165) is 11.8 Å². The first-order chi connectivity index (χ1) is 8.80. The van der Waals surface area contributed by atoms with E-state index in [-0.39, 0.29) is 0 Å². The quantitative estimate of drug-likeness (QED) is 0.421. The van der Waals surface area contributed by atoms with Gasteiger partial charge < -0.3 is 0 Å². The third-order valence-corrected chi connectivity index (χ3v) is 5.11. The molecule has 0 heteroatoms. The summed E-state index contributed by atoms with van der Waals surface area (Å²) in [5.74, 6) is 1.61. The molecule has 20 heavy (non-hydrogen) atoms. The molecule has 0 aromatic rings. The van der Waals surface area contributed by atoms with Gasteiger partial charge in [0, 0.05) is 0 Å². The van der Waals surface area contributed by atoms with Crippen molar-refractivity contribution >= 4 is 0 Å². The fourth-order valence-corrected chi connectivity index (χ4v) is 3.17. The average molecular weight is 282 g/mol. The molecule has 0 nitrogen and oxygen atoms in total. The molecule has 0 aromatic carbocycles. The Morgan fingerprint density at radius 3 is 1.75 bits per heavy atom. The Bertz CT molecular complexity index is 268. The van der Waals surface area contributed by atoms with Crippen LogP contribution in [0.5, 0.6) is 0 Å². The van der Waals surface area contributed by atoms with Gasteiger partial charge in [0.15, 0.2) is 0 Å². The van der Waals surface area contributed by atoms with Crippen LogP contribution >= 0.6 is 0 Å². The van der Waals surface area contributed by atoms with Crippen LogP contribution < -0.4 is 0 Å². The summed E-state index contributed by atoms with van der Waals surface area (Å²) in [6.45, 7) is 23.9. The highest BCUT2D eigenvalue weighted by Gasteiger charge is 2.30. The summed E-state index contributed by atoms with van der Waals surface area (Å²) < 4.78 is 0. The molecule has 0 spiro atoms. The van der Waals surface area contributed by atoms with Gasteiger partial charge in [0.05, 0.1) is 0 Å². The SMILES string of the molecule is CCC(C)(C)CC(C)(C)[CH]CC(C)(C)CC(C)C(C)C. The highest BCUT2D eigenvalue weighted by atomic mass is 14.4. The van der Waals surface area contributed by atoms with Gasteiger partial charge in [0.25, 0.3) is 0 Å². The summed E-state index contributed by atoms with van der Waals surface area (Å²) in [6, 6.07) is 0. The van der Waals surface area contributed by atoms with Crippen LogP contribution in [-0.4, -0.2) is 0 Å². The molecule has 0 saturated carbocycles. The van der Waals surface area contributed by atoms with E-state index in [1.807, 2.05) is 0 Å². The second-order valence-corrected chi connectivity index (χ2v) is 9.68. The minimum atomic E-state index is 0.345. The van der Waals surface area contributed by atoms with Crippen LogP contribution in [0.3, 0.4) is 0 Å². The Hall–Kier alpha value is 0. The molecule has 0 aliphatic heterocycles. The van der Waals surface area contributed by atoms with Gasteiger partial charge in [0.1, 0.15) is 0 Å². The smallest absolute Gasteiger partial charge is 0.0318 e. The van der Waals surface area contributed by atoms with E-state index in [4.69, 9.17) is 0 Å². The van der Waals surface area contributed by atoms with E-state index >= 15 is 0 Å². The summed E-state index contributed by atoms with van der Waals surface area (Å²) >= 11 is 0. The zero-order valence-electron chi connectivity index (χ0n) is 16.1. The molecule has 1 unspecified atom stereocenters. The number of hydrogen-bond donors (Lipinski definition) is 0. The van der Waals surface area contributed by atoms with E-state index in [1.165, 1.54) is 25.7 Å². The standard InChI is InChI=1S/C20H41/c1-11-18(5,6)15-20(9,10)13-12-19(7,8)14-17(4)16(2)3/h13,16-17H,11-12,14-15H2,1-10H3. The van der Waals surface area contributed by atoms with Crippen LogP contribution in [0.2, 0.25) is 0 Å². The van der Waals surface area contributed by atoms with Gasteiger partial charge in [-0.1, -0.05) is 75.7 Å². The van der Waals surface area contributed by atoms with Gasteiger partial charge in [-0.25, -0.2) is 0 Å². The molecular weight excluding hydrogens is 240 g/mol. The second-order valence-electron chi connectivity index (χ2n) is 9.68. The summed E-state index contributed by atoms with van der Waals surface area (Å²) in [4.78, 5) is 0. The molecule has 0 amide bonds. The highest BCUT2D eigenvalue weighted by Crippen LogP contribution is 2.42. The summed E-state index contributed by atoms with van der Waals surface area (Å²) in [5, 5.41) is 0. The number of hydrogen-bond acceptors (Lipinski definition) is 0. The molecule has 121 valence electrons. The lowest BCUT2D eigenvalue weighted by atomic mass is 9.68. The molecule has 0 aromatic heterocycles. The third-order valence-electron chi connectivity index (χ3n) is 5.11. The van der Waals surface area contributed by atoms with Gasteiger partial charge >= 0.3 is 0 Å². The molecule has 0 fully saturated rings. The Balaban J connectivity index is 4.43. The molecule has 0 aliphatic rings. The molecular formula is C20H41. The van der Waals surface area contributed by atoms with Gasteiger partial charge in [-0.15, -0.1) is 0 Å². The van der Waals surface area contributed by atoms with Crippen molar-refractivity contribution in [2.24, 2.45) is 28.1 Å². The summed E-state index contributed by atoms with van der Waals surface area (Å²) in [7, 11) is 0. The van der Waals surface area contributed by atoms with Crippen LogP contribution in [0.25, 0.3) is 0 Å². The largest absolute Gasteiger partial charge is 0.0649 e. The average Bonchev–Trinajstić information content (AvgIpc) is 2.25. The minimum absolute atomic E-state index is 0.345. The normalized spacial score (nSPS) is 15.8. The molecule has 0 saturated heterocycles. The lowest BCUT2D eigenvalue weighted by molar-refractivity contribution is 0.183. The molecule has 0 rings (SSSR count). The van der Waals surface area contributed by atoms with Crippen molar-refractivity contribution in [2.75, 3.05) is 0 Å². The van der Waals surface area contributed by atoms with Crippen molar-refractivity contribution in [3.05, 3.63) is 6.42 Å². The second kappa shape index (κ2) is 7.32. The molecule has 0 heterocycles. The fraction of sp³-hybridized carbons (Fsp3) is 0.950. The Kier molecular flexibility index (Phi) is 7.32. The summed E-state index contributed by atoms with van der Waals surface area (Å²) in [6.07, 6.45) is 7.70. The van der Waals surface area contributed by atoms with E-state index in [9.17, 15) is 0 Å². The monoisotopic (exact) mass is 281 g/mol. The molecule has 0 N–H and O–H groups in total. The Labute approximate surface area is 130 Å². The van der Waals surface area contributed by atoms with Gasteiger partial charge in [-0.3, -0.25) is 0 Å². The van der Waals surface area contributed by atoms with Crippen molar-refractivity contribution in [3.8, 4) is 0 Å². The molecule has 1 radical (unpaired) electrons. The van der Waals surface area contributed by atoms with Crippen molar-refractivity contribution in [1.82, 2.24) is 0 Å². The Morgan fingerprint density at radius 1 is 0.850 bits per heavy atom. The van der Waals surface area contributed by atoms with Crippen LogP contribution in [0.1, 0.15) is 94.9 Å². The third kappa shape index (κ3) is 8.32. The first-order valence-electron chi connectivity index (χ1n) is 8.65. The van der Waals surface area contributed by atoms with Crippen molar-refractivity contribution in [3.63, 3.8) is 0 Å². The predicted octanol–water partition coefficient (Wildman–Crippen LogP) is 7.14. The molecule has 0 aliphatic carbocycles. The van der Waals surface area contributed by atoms with E-state index in [2.05, 4.69) is 75.7 Å². The lowest BCUT2D eigenvalue weighted by Gasteiger charge is -2.37. The maximum Gasteiger partial charge on any atom is -0.0318 e. The number of rotatable bonds is 9. The van der Waals surface area contributed by atoms with Gasteiger partial charge in [-0.2, -0.15) is 0 Å². The fourth-order valence-electron chi connectivity index (χ4n) is 3.17.